The lowest BCUT2D eigenvalue weighted by molar-refractivity contribution is 0.0401. The van der Waals surface area contributed by atoms with Gasteiger partial charge in [-0.25, -0.2) is 0 Å². The van der Waals surface area contributed by atoms with Crippen molar-refractivity contribution in [2.45, 2.75) is 6.92 Å². The van der Waals surface area contributed by atoms with E-state index in [1.807, 2.05) is 19.1 Å². The van der Waals surface area contributed by atoms with Gasteiger partial charge in [-0.15, -0.1) is 4.37 Å². The Kier molecular flexibility index (Phi) is 6.36. The van der Waals surface area contributed by atoms with Gasteiger partial charge in [0.2, 0.25) is 0 Å². The van der Waals surface area contributed by atoms with Gasteiger partial charge in [-0.1, -0.05) is 0 Å². The van der Waals surface area contributed by atoms with E-state index in [4.69, 9.17) is 14.2 Å². The third-order valence-corrected chi connectivity index (χ3v) is 2.95. The first-order chi connectivity index (χ1) is 9.92. The quantitative estimate of drug-likeness (QED) is 0.659. The minimum absolute atomic E-state index is 0.435. The normalized spacial score (nSPS) is 10.7. The molecule has 0 radical (unpaired) electrons. The molecule has 2 rings (SSSR count). The second-order valence-electron chi connectivity index (χ2n) is 3.82. The molecule has 0 saturated heterocycles. The topological polar surface area (TPSA) is 66.4 Å². The van der Waals surface area contributed by atoms with E-state index in [9.17, 15) is 0 Å². The van der Waals surface area contributed by atoms with Gasteiger partial charge in [0.1, 0.15) is 12.3 Å². The lowest BCUT2D eigenvalue weighted by atomic mass is 10.2. The van der Waals surface area contributed by atoms with Crippen molar-refractivity contribution in [3.63, 3.8) is 0 Å². The van der Waals surface area contributed by atoms with Gasteiger partial charge in [0.15, 0.2) is 0 Å². The minimum atomic E-state index is 0.435. The fraction of sp³-hybridized carbons (Fsp3) is 0.462. The molecule has 0 unspecified atom stereocenters. The number of rotatable bonds is 9. The Balaban J connectivity index is 1.76. The van der Waals surface area contributed by atoms with Gasteiger partial charge in [-0.2, -0.15) is 4.37 Å². The molecule has 6 nitrogen and oxygen atoms in total. The smallest absolute Gasteiger partial charge is 0.254 e. The first-order valence-electron chi connectivity index (χ1n) is 6.43. The summed E-state index contributed by atoms with van der Waals surface area (Å²) in [6, 6.07) is 3.78. The molecule has 0 fully saturated rings. The van der Waals surface area contributed by atoms with Gasteiger partial charge >= 0.3 is 0 Å². The predicted octanol–water partition coefficient (Wildman–Crippen LogP) is 2.03. The Labute approximate surface area is 122 Å². The van der Waals surface area contributed by atoms with Crippen molar-refractivity contribution in [3.8, 4) is 17.1 Å². The van der Waals surface area contributed by atoms with Gasteiger partial charge in [0.25, 0.3) is 5.88 Å². The third kappa shape index (κ3) is 4.52. The molecule has 0 saturated carbocycles. The predicted molar refractivity (Wildman–Crippen MR) is 75.9 cm³/mol. The highest BCUT2D eigenvalue weighted by atomic mass is 32.1. The van der Waals surface area contributed by atoms with E-state index < -0.39 is 0 Å². The highest BCUT2D eigenvalue weighted by Gasteiger charge is 2.11. The Morgan fingerprint density at radius 3 is 2.75 bits per heavy atom. The van der Waals surface area contributed by atoms with Crippen molar-refractivity contribution in [1.82, 2.24) is 13.7 Å². The molecule has 0 spiro atoms. The number of pyridine rings is 1. The van der Waals surface area contributed by atoms with Gasteiger partial charge < -0.3 is 14.2 Å². The fourth-order valence-electron chi connectivity index (χ4n) is 1.52. The molecule has 0 atom stereocenters. The number of hydrogen-bond donors (Lipinski definition) is 0. The van der Waals surface area contributed by atoms with Crippen LogP contribution in [0.2, 0.25) is 0 Å². The van der Waals surface area contributed by atoms with Crippen molar-refractivity contribution >= 4 is 11.7 Å². The summed E-state index contributed by atoms with van der Waals surface area (Å²) in [5.74, 6) is 0.524. The molecule has 7 heteroatoms. The van der Waals surface area contributed by atoms with E-state index in [1.54, 1.807) is 12.4 Å². The Morgan fingerprint density at radius 1 is 1.10 bits per heavy atom. The molecule has 0 N–H and O–H groups in total. The number of hydrogen-bond acceptors (Lipinski definition) is 7. The molecular weight excluding hydrogens is 278 g/mol. The molecule has 20 heavy (non-hydrogen) atoms. The summed E-state index contributed by atoms with van der Waals surface area (Å²) in [7, 11) is 0. The van der Waals surface area contributed by atoms with Crippen LogP contribution < -0.4 is 4.74 Å². The number of aromatic nitrogens is 3. The second kappa shape index (κ2) is 8.57. The maximum atomic E-state index is 5.58. The average Bonchev–Trinajstić information content (AvgIpc) is 2.96. The standard InChI is InChI=1S/C13H17N3O3S/c1-2-17-6-7-18-8-9-19-13-12(15-20-16-13)11-4-3-5-14-10-11/h3-5,10H,2,6-9H2,1H3. The van der Waals surface area contributed by atoms with Gasteiger partial charge in [0, 0.05) is 24.6 Å². The van der Waals surface area contributed by atoms with Crippen molar-refractivity contribution in [1.29, 1.82) is 0 Å². The van der Waals surface area contributed by atoms with Crippen LogP contribution in [0.4, 0.5) is 0 Å². The van der Waals surface area contributed by atoms with E-state index in [0.717, 1.165) is 23.0 Å². The maximum Gasteiger partial charge on any atom is 0.254 e. The summed E-state index contributed by atoms with van der Waals surface area (Å²) in [5, 5.41) is 0. The van der Waals surface area contributed by atoms with Crippen LogP contribution in [-0.2, 0) is 9.47 Å². The third-order valence-electron chi connectivity index (χ3n) is 2.44. The van der Waals surface area contributed by atoms with Crippen molar-refractivity contribution < 1.29 is 14.2 Å². The molecule has 2 aromatic rings. The van der Waals surface area contributed by atoms with Crippen LogP contribution in [0.1, 0.15) is 6.92 Å². The molecule has 108 valence electrons. The van der Waals surface area contributed by atoms with Crippen molar-refractivity contribution in [2.75, 3.05) is 33.0 Å². The summed E-state index contributed by atoms with van der Waals surface area (Å²) in [6.45, 7) is 4.77. The van der Waals surface area contributed by atoms with Gasteiger partial charge in [-0.3, -0.25) is 4.98 Å². The van der Waals surface area contributed by atoms with Crippen LogP contribution in [0, 0.1) is 0 Å². The van der Waals surface area contributed by atoms with E-state index in [1.165, 1.54) is 0 Å². The zero-order valence-electron chi connectivity index (χ0n) is 11.3. The first kappa shape index (κ1) is 14.8. The molecule has 2 aromatic heterocycles. The first-order valence-corrected chi connectivity index (χ1v) is 7.16. The molecule has 0 bridgehead atoms. The number of ether oxygens (including phenoxy) is 3. The van der Waals surface area contributed by atoms with Crippen LogP contribution in [0.5, 0.6) is 5.88 Å². The Morgan fingerprint density at radius 2 is 1.95 bits per heavy atom. The van der Waals surface area contributed by atoms with E-state index in [-0.39, 0.29) is 0 Å². The summed E-state index contributed by atoms with van der Waals surface area (Å²) >= 11 is 1.12. The fourth-order valence-corrected chi connectivity index (χ4v) is 2.04. The van der Waals surface area contributed by atoms with Crippen LogP contribution in [0.3, 0.4) is 0 Å². The molecule has 0 aliphatic heterocycles. The van der Waals surface area contributed by atoms with Crippen LogP contribution in [-0.4, -0.2) is 46.8 Å². The van der Waals surface area contributed by atoms with Gasteiger partial charge in [0.05, 0.1) is 31.5 Å². The monoisotopic (exact) mass is 295 g/mol. The van der Waals surface area contributed by atoms with E-state index >= 15 is 0 Å². The molecule has 0 aliphatic carbocycles. The van der Waals surface area contributed by atoms with Gasteiger partial charge in [-0.05, 0) is 19.1 Å². The SMILES string of the molecule is CCOCCOCCOc1nsnc1-c1cccnc1. The molecule has 0 aromatic carbocycles. The average molecular weight is 295 g/mol. The van der Waals surface area contributed by atoms with Crippen molar-refractivity contribution in [3.05, 3.63) is 24.5 Å². The summed E-state index contributed by atoms with van der Waals surface area (Å²) < 4.78 is 24.5. The molecule has 0 amide bonds. The lowest BCUT2D eigenvalue weighted by Gasteiger charge is -2.06. The Bertz CT molecular complexity index is 493. The van der Waals surface area contributed by atoms with Crippen molar-refractivity contribution in [2.24, 2.45) is 0 Å². The van der Waals surface area contributed by atoms with Crippen LogP contribution >= 0.6 is 11.7 Å². The molecule has 2 heterocycles. The maximum absolute atomic E-state index is 5.58. The molecule has 0 aliphatic rings. The highest BCUT2D eigenvalue weighted by molar-refractivity contribution is 6.99. The zero-order chi connectivity index (χ0) is 14.0. The second-order valence-corrected chi connectivity index (χ2v) is 4.35. The lowest BCUT2D eigenvalue weighted by Crippen LogP contribution is -2.11. The van der Waals surface area contributed by atoms with Crippen LogP contribution in [0.25, 0.3) is 11.3 Å². The zero-order valence-corrected chi connectivity index (χ0v) is 12.1. The number of nitrogens with zero attached hydrogens (tertiary/aromatic N) is 3. The van der Waals surface area contributed by atoms with E-state index in [2.05, 4.69) is 13.7 Å². The largest absolute Gasteiger partial charge is 0.473 e. The minimum Gasteiger partial charge on any atom is -0.473 e. The summed E-state index contributed by atoms with van der Waals surface area (Å²) in [4.78, 5) is 4.06. The highest BCUT2D eigenvalue weighted by Crippen LogP contribution is 2.26. The van der Waals surface area contributed by atoms with E-state index in [0.29, 0.717) is 38.9 Å². The van der Waals surface area contributed by atoms with Crippen LogP contribution in [0.15, 0.2) is 24.5 Å². The Hall–Kier alpha value is -1.57. The molecular formula is C13H17N3O3S. The summed E-state index contributed by atoms with van der Waals surface area (Å²) in [5.41, 5.74) is 1.62. The summed E-state index contributed by atoms with van der Waals surface area (Å²) in [6.07, 6.45) is 3.46.